The summed E-state index contributed by atoms with van der Waals surface area (Å²) in [5, 5.41) is 1.06. The highest BCUT2D eigenvalue weighted by atomic mass is 32.2. The van der Waals surface area contributed by atoms with Crippen LogP contribution in [0.5, 0.6) is 0 Å². The van der Waals surface area contributed by atoms with Gasteiger partial charge in [0.05, 0.1) is 17.3 Å². The molecule has 2 heterocycles. The molecule has 1 N–H and O–H groups in total. The van der Waals surface area contributed by atoms with Gasteiger partial charge >= 0.3 is 0 Å². The zero-order valence-corrected chi connectivity index (χ0v) is 11.5. The third kappa shape index (κ3) is 2.25. The average Bonchev–Trinajstić information content (AvgIpc) is 2.74. The van der Waals surface area contributed by atoms with Gasteiger partial charge in [0, 0.05) is 17.1 Å². The Balaban J connectivity index is 2.14. The van der Waals surface area contributed by atoms with Crippen molar-refractivity contribution in [2.45, 2.75) is 0 Å². The van der Waals surface area contributed by atoms with Crippen LogP contribution in [-0.4, -0.2) is 25.0 Å². The summed E-state index contributed by atoms with van der Waals surface area (Å²) in [6.07, 6.45) is 2.59. The van der Waals surface area contributed by atoms with E-state index in [1.807, 2.05) is 39.5 Å². The molecule has 6 heteroatoms. The molecule has 102 valence electrons. The van der Waals surface area contributed by atoms with Crippen LogP contribution in [0.1, 0.15) is 10.4 Å². The zero-order valence-electron chi connectivity index (χ0n) is 10.7. The van der Waals surface area contributed by atoms with E-state index in [9.17, 15) is 13.2 Å². The summed E-state index contributed by atoms with van der Waals surface area (Å²) in [6.45, 7) is 0. The minimum absolute atomic E-state index is 0.296. The Morgan fingerprint density at radius 1 is 1.15 bits per heavy atom. The van der Waals surface area contributed by atoms with Crippen molar-refractivity contribution < 1.29 is 13.2 Å². The van der Waals surface area contributed by atoms with Gasteiger partial charge in [-0.1, -0.05) is 18.2 Å². The number of amides is 1. The fourth-order valence-corrected chi connectivity index (χ4v) is 2.64. The molecule has 0 aliphatic heterocycles. The summed E-state index contributed by atoms with van der Waals surface area (Å²) < 4.78 is 26.0. The van der Waals surface area contributed by atoms with E-state index in [4.69, 9.17) is 0 Å². The molecule has 0 spiro atoms. The highest BCUT2D eigenvalue weighted by molar-refractivity contribution is 7.89. The van der Waals surface area contributed by atoms with Gasteiger partial charge in [-0.2, -0.15) is 0 Å². The lowest BCUT2D eigenvalue weighted by Gasteiger charge is -2.04. The van der Waals surface area contributed by atoms with Gasteiger partial charge in [0.15, 0.2) is 0 Å². The second-order valence-electron chi connectivity index (χ2n) is 4.62. The van der Waals surface area contributed by atoms with Gasteiger partial charge in [-0.05, 0) is 24.3 Å². The largest absolute Gasteiger partial charge is 0.316 e. The second-order valence-corrected chi connectivity index (χ2v) is 6.37. The molecule has 5 nitrogen and oxygen atoms in total. The van der Waals surface area contributed by atoms with Crippen LogP contribution in [0, 0.1) is 0 Å². The molecule has 0 fully saturated rings. The van der Waals surface area contributed by atoms with Crippen LogP contribution in [-0.2, 0) is 10.0 Å². The van der Waals surface area contributed by atoms with Gasteiger partial charge in [0.25, 0.3) is 5.91 Å². The number of para-hydroxylation sites is 1. The molecule has 0 aliphatic carbocycles. The highest BCUT2D eigenvalue weighted by Gasteiger charge is 2.12. The molecule has 0 radical (unpaired) electrons. The van der Waals surface area contributed by atoms with E-state index in [0.717, 1.165) is 22.7 Å². The van der Waals surface area contributed by atoms with Crippen LogP contribution < -0.4 is 4.72 Å². The number of hydrogen-bond acceptors (Lipinski definition) is 3. The highest BCUT2D eigenvalue weighted by Crippen LogP contribution is 2.20. The molecule has 2 aromatic heterocycles. The lowest BCUT2D eigenvalue weighted by molar-refractivity contribution is 0.0981. The summed E-state index contributed by atoms with van der Waals surface area (Å²) >= 11 is 0. The van der Waals surface area contributed by atoms with Crippen LogP contribution in [0.15, 0.2) is 48.7 Å². The second kappa shape index (κ2) is 4.35. The number of sulfonamides is 1. The average molecular weight is 288 g/mol. The Morgan fingerprint density at radius 2 is 1.90 bits per heavy atom. The number of aromatic nitrogens is 1. The summed E-state index contributed by atoms with van der Waals surface area (Å²) in [5.74, 6) is -0.632. The Bertz CT molecular complexity index is 926. The Labute approximate surface area is 115 Å². The minimum Gasteiger partial charge on any atom is -0.316 e. The van der Waals surface area contributed by atoms with Crippen molar-refractivity contribution in [3.8, 4) is 0 Å². The fraction of sp³-hybridized carbons (Fsp3) is 0.0714. The molecule has 3 rings (SSSR count). The number of pyridine rings is 1. The summed E-state index contributed by atoms with van der Waals surface area (Å²) in [6, 6.07) is 13.2. The lowest BCUT2D eigenvalue weighted by atomic mass is 10.2. The first-order valence-corrected chi connectivity index (χ1v) is 7.85. The number of fused-ring (bicyclic) bond motifs is 3. The molecular weight excluding hydrogens is 276 g/mol. The van der Waals surface area contributed by atoms with Gasteiger partial charge in [-0.15, -0.1) is 0 Å². The molecule has 20 heavy (non-hydrogen) atoms. The SMILES string of the molecule is CS(=O)(=O)NC(=O)c1ccc2cc3ccccc3n2c1. The summed E-state index contributed by atoms with van der Waals surface area (Å²) in [7, 11) is -3.56. The van der Waals surface area contributed by atoms with Crippen molar-refractivity contribution >= 4 is 32.4 Å². The zero-order chi connectivity index (χ0) is 14.3. The number of hydrogen-bond donors (Lipinski definition) is 1. The molecular formula is C14H12N2O3S. The Morgan fingerprint density at radius 3 is 2.65 bits per heavy atom. The van der Waals surface area contributed by atoms with E-state index in [-0.39, 0.29) is 0 Å². The van der Waals surface area contributed by atoms with Gasteiger partial charge < -0.3 is 4.40 Å². The molecule has 0 unspecified atom stereocenters. The Hall–Kier alpha value is -2.34. The van der Waals surface area contributed by atoms with Gasteiger partial charge in [-0.3, -0.25) is 4.79 Å². The molecule has 0 saturated carbocycles. The number of benzene rings is 1. The van der Waals surface area contributed by atoms with Crippen LogP contribution in [0.25, 0.3) is 16.4 Å². The van der Waals surface area contributed by atoms with E-state index in [0.29, 0.717) is 5.56 Å². The fourth-order valence-electron chi connectivity index (χ4n) is 2.19. The van der Waals surface area contributed by atoms with Crippen molar-refractivity contribution in [2.24, 2.45) is 0 Å². The predicted octanol–water partition coefficient (Wildman–Crippen LogP) is 1.78. The maximum atomic E-state index is 11.9. The normalized spacial score (nSPS) is 11.8. The van der Waals surface area contributed by atoms with E-state index in [2.05, 4.69) is 0 Å². The molecule has 1 aromatic carbocycles. The molecule has 0 aliphatic rings. The first kappa shape index (κ1) is 12.7. The number of nitrogens with zero attached hydrogens (tertiary/aromatic N) is 1. The summed E-state index contributed by atoms with van der Waals surface area (Å²) in [4.78, 5) is 11.9. The molecule has 0 saturated heterocycles. The molecule has 1 amide bonds. The van der Waals surface area contributed by atoms with Crippen molar-refractivity contribution in [1.82, 2.24) is 9.12 Å². The number of nitrogens with one attached hydrogen (secondary N) is 1. The quantitative estimate of drug-likeness (QED) is 0.781. The van der Waals surface area contributed by atoms with Crippen LogP contribution in [0.4, 0.5) is 0 Å². The van der Waals surface area contributed by atoms with E-state index in [1.54, 1.807) is 18.3 Å². The van der Waals surface area contributed by atoms with Crippen LogP contribution in [0.2, 0.25) is 0 Å². The molecule has 0 bridgehead atoms. The predicted molar refractivity (Wildman–Crippen MR) is 77.2 cm³/mol. The smallest absolute Gasteiger partial charge is 0.266 e. The van der Waals surface area contributed by atoms with Crippen LogP contribution >= 0.6 is 0 Å². The van der Waals surface area contributed by atoms with Gasteiger partial charge in [-0.25, -0.2) is 13.1 Å². The first-order chi connectivity index (χ1) is 9.44. The van der Waals surface area contributed by atoms with E-state index >= 15 is 0 Å². The maximum absolute atomic E-state index is 11.9. The van der Waals surface area contributed by atoms with Crippen molar-refractivity contribution in [3.63, 3.8) is 0 Å². The van der Waals surface area contributed by atoms with E-state index in [1.165, 1.54) is 0 Å². The monoisotopic (exact) mass is 288 g/mol. The standard InChI is InChI=1S/C14H12N2O3S/c1-20(18,19)15-14(17)11-6-7-12-8-10-4-2-3-5-13(10)16(12)9-11/h2-9H,1H3,(H,15,17). The van der Waals surface area contributed by atoms with Gasteiger partial charge in [0.2, 0.25) is 10.0 Å². The van der Waals surface area contributed by atoms with Crippen molar-refractivity contribution in [1.29, 1.82) is 0 Å². The number of carbonyl (C=O) groups is 1. The molecule has 0 atom stereocenters. The maximum Gasteiger partial charge on any atom is 0.266 e. The first-order valence-electron chi connectivity index (χ1n) is 5.96. The topological polar surface area (TPSA) is 67.7 Å². The lowest BCUT2D eigenvalue weighted by Crippen LogP contribution is -2.29. The van der Waals surface area contributed by atoms with Crippen molar-refractivity contribution in [2.75, 3.05) is 6.26 Å². The third-order valence-electron chi connectivity index (χ3n) is 3.02. The third-order valence-corrected chi connectivity index (χ3v) is 3.58. The minimum atomic E-state index is -3.56. The van der Waals surface area contributed by atoms with Crippen molar-refractivity contribution in [3.05, 3.63) is 54.2 Å². The van der Waals surface area contributed by atoms with Gasteiger partial charge in [0.1, 0.15) is 0 Å². The van der Waals surface area contributed by atoms with E-state index < -0.39 is 15.9 Å². The Kier molecular flexibility index (Phi) is 2.76. The number of rotatable bonds is 2. The molecule has 3 aromatic rings. The number of carbonyl (C=O) groups excluding carboxylic acids is 1. The van der Waals surface area contributed by atoms with Crippen LogP contribution in [0.3, 0.4) is 0 Å². The summed E-state index contributed by atoms with van der Waals surface area (Å²) in [5.41, 5.74) is 2.21.